The summed E-state index contributed by atoms with van der Waals surface area (Å²) in [5.74, 6) is 1.49. The fourth-order valence-electron chi connectivity index (χ4n) is 4.05. The minimum Gasteiger partial charge on any atom is -0.493 e. The monoisotopic (exact) mass is 495 g/mol. The molecule has 6 nitrogen and oxygen atoms in total. The quantitative estimate of drug-likeness (QED) is 0.190. The van der Waals surface area contributed by atoms with Crippen LogP contribution in [0.15, 0.2) is 77.9 Å². The van der Waals surface area contributed by atoms with Crippen LogP contribution in [0.4, 0.5) is 0 Å². The van der Waals surface area contributed by atoms with Gasteiger partial charge in [0.2, 0.25) is 0 Å². The number of hydrogen-bond acceptors (Lipinski definition) is 5. The standard InChI is InChI=1S/C31H33N3O3/c1-5-17-37-29-16-11-22(18-30(29)36-4)20-32-34-31(35)26-19-28(33-27-10-8-7-9-25(26)27)24-14-12-23(13-15-24)21(3)6-2/h7-16,18-21H,5-6,17H2,1-4H3,(H,34,35)/b32-20+. The summed E-state index contributed by atoms with van der Waals surface area (Å²) in [6, 6.07) is 23.4. The van der Waals surface area contributed by atoms with Crippen molar-refractivity contribution in [1.82, 2.24) is 10.4 Å². The summed E-state index contributed by atoms with van der Waals surface area (Å²) in [6.07, 6.45) is 3.58. The van der Waals surface area contributed by atoms with Crippen molar-refractivity contribution in [3.63, 3.8) is 0 Å². The Labute approximate surface area is 218 Å². The number of nitrogens with zero attached hydrogens (tertiary/aromatic N) is 2. The topological polar surface area (TPSA) is 72.8 Å². The van der Waals surface area contributed by atoms with Crippen molar-refractivity contribution < 1.29 is 14.3 Å². The zero-order valence-corrected chi connectivity index (χ0v) is 21.8. The van der Waals surface area contributed by atoms with Gasteiger partial charge in [-0.3, -0.25) is 4.79 Å². The molecule has 0 saturated heterocycles. The van der Waals surface area contributed by atoms with E-state index in [1.807, 2.05) is 48.5 Å². The van der Waals surface area contributed by atoms with Crippen LogP contribution in [0.2, 0.25) is 0 Å². The third-order valence-corrected chi connectivity index (χ3v) is 6.38. The second kappa shape index (κ2) is 12.2. The summed E-state index contributed by atoms with van der Waals surface area (Å²) in [4.78, 5) is 18.0. The van der Waals surface area contributed by atoms with Gasteiger partial charge in [0.1, 0.15) is 0 Å². The minimum atomic E-state index is -0.304. The average molecular weight is 496 g/mol. The molecule has 0 spiro atoms. The average Bonchev–Trinajstić information content (AvgIpc) is 2.95. The first-order chi connectivity index (χ1) is 18.0. The highest BCUT2D eigenvalue weighted by molar-refractivity contribution is 6.07. The number of rotatable bonds is 10. The number of nitrogens with one attached hydrogen (secondary N) is 1. The largest absolute Gasteiger partial charge is 0.493 e. The summed E-state index contributed by atoms with van der Waals surface area (Å²) in [5.41, 5.74) is 7.73. The van der Waals surface area contributed by atoms with Gasteiger partial charge in [-0.05, 0) is 60.2 Å². The van der Waals surface area contributed by atoms with Crippen LogP contribution in [0.5, 0.6) is 11.5 Å². The number of carbonyl (C=O) groups excluding carboxylic acids is 1. The van der Waals surface area contributed by atoms with Crippen LogP contribution in [0.1, 0.15) is 61.0 Å². The first-order valence-electron chi connectivity index (χ1n) is 12.7. The molecule has 1 amide bonds. The molecule has 4 aromatic rings. The molecule has 0 aliphatic heterocycles. The second-order valence-corrected chi connectivity index (χ2v) is 8.96. The van der Waals surface area contributed by atoms with E-state index >= 15 is 0 Å². The lowest BCUT2D eigenvalue weighted by molar-refractivity contribution is 0.0956. The van der Waals surface area contributed by atoms with Crippen molar-refractivity contribution in [1.29, 1.82) is 0 Å². The van der Waals surface area contributed by atoms with Crippen molar-refractivity contribution in [2.24, 2.45) is 5.10 Å². The maximum Gasteiger partial charge on any atom is 0.272 e. The lowest BCUT2D eigenvalue weighted by Gasteiger charge is -2.12. The Hall–Kier alpha value is -4.19. The van der Waals surface area contributed by atoms with Crippen molar-refractivity contribution in [2.75, 3.05) is 13.7 Å². The van der Waals surface area contributed by atoms with E-state index in [2.05, 4.69) is 55.6 Å². The second-order valence-electron chi connectivity index (χ2n) is 8.96. The first-order valence-corrected chi connectivity index (χ1v) is 12.7. The van der Waals surface area contributed by atoms with Crippen molar-refractivity contribution in [3.8, 4) is 22.8 Å². The number of carbonyl (C=O) groups is 1. The van der Waals surface area contributed by atoms with E-state index in [0.29, 0.717) is 29.6 Å². The van der Waals surface area contributed by atoms with Crippen molar-refractivity contribution in [3.05, 3.63) is 89.5 Å². The maximum atomic E-state index is 13.2. The molecule has 0 saturated carbocycles. The van der Waals surface area contributed by atoms with E-state index in [1.54, 1.807) is 13.3 Å². The van der Waals surface area contributed by atoms with Crippen LogP contribution in [-0.4, -0.2) is 30.8 Å². The molecule has 1 unspecified atom stereocenters. The Balaban J connectivity index is 1.58. The van der Waals surface area contributed by atoms with E-state index in [1.165, 1.54) is 5.56 Å². The SMILES string of the molecule is CCCOc1ccc(/C=N/NC(=O)c2cc(-c3ccc(C(C)CC)cc3)nc3ccccc23)cc1OC. The van der Waals surface area contributed by atoms with Gasteiger partial charge < -0.3 is 9.47 Å². The highest BCUT2D eigenvalue weighted by Gasteiger charge is 2.14. The number of amides is 1. The number of fused-ring (bicyclic) bond motifs is 1. The molecule has 37 heavy (non-hydrogen) atoms. The molecule has 4 rings (SSSR count). The highest BCUT2D eigenvalue weighted by Crippen LogP contribution is 2.28. The van der Waals surface area contributed by atoms with Gasteiger partial charge in [-0.15, -0.1) is 0 Å². The number of hydrazone groups is 1. The van der Waals surface area contributed by atoms with Gasteiger partial charge in [0.25, 0.3) is 5.91 Å². The van der Waals surface area contributed by atoms with Gasteiger partial charge in [0, 0.05) is 10.9 Å². The molecule has 1 aromatic heterocycles. The van der Waals surface area contributed by atoms with Crippen LogP contribution >= 0.6 is 0 Å². The number of benzene rings is 3. The number of ether oxygens (including phenoxy) is 2. The molecule has 0 fully saturated rings. The van der Waals surface area contributed by atoms with Gasteiger partial charge in [0.05, 0.1) is 36.7 Å². The number of para-hydroxylation sites is 1. The molecule has 0 radical (unpaired) electrons. The molecule has 6 heteroatoms. The predicted octanol–water partition coefficient (Wildman–Crippen LogP) is 6.98. The molecule has 1 atom stereocenters. The Bertz CT molecular complexity index is 1400. The number of pyridine rings is 1. The molecule has 0 aliphatic rings. The van der Waals surface area contributed by atoms with E-state index in [4.69, 9.17) is 14.5 Å². The van der Waals surface area contributed by atoms with Crippen LogP contribution in [0.3, 0.4) is 0 Å². The van der Waals surface area contributed by atoms with E-state index in [9.17, 15) is 4.79 Å². The molecule has 1 heterocycles. The molecule has 0 aliphatic carbocycles. The Morgan fingerprint density at radius 2 is 1.81 bits per heavy atom. The Kier molecular flexibility index (Phi) is 8.52. The molecule has 1 N–H and O–H groups in total. The number of aromatic nitrogens is 1. The molecular weight excluding hydrogens is 462 g/mol. The summed E-state index contributed by atoms with van der Waals surface area (Å²) in [7, 11) is 1.60. The van der Waals surface area contributed by atoms with E-state index in [0.717, 1.165) is 40.6 Å². The van der Waals surface area contributed by atoms with Gasteiger partial charge in [-0.1, -0.05) is 63.2 Å². The normalized spacial score (nSPS) is 12.0. The van der Waals surface area contributed by atoms with E-state index < -0.39 is 0 Å². The molecular formula is C31H33N3O3. The summed E-state index contributed by atoms with van der Waals surface area (Å²) in [5, 5.41) is 4.97. The zero-order chi connectivity index (χ0) is 26.2. The Morgan fingerprint density at radius 3 is 2.54 bits per heavy atom. The fraction of sp³-hybridized carbons (Fsp3) is 0.258. The van der Waals surface area contributed by atoms with Gasteiger partial charge >= 0.3 is 0 Å². The van der Waals surface area contributed by atoms with Crippen LogP contribution in [0, 0.1) is 0 Å². The fourth-order valence-corrected chi connectivity index (χ4v) is 4.05. The smallest absolute Gasteiger partial charge is 0.272 e. The molecule has 3 aromatic carbocycles. The lowest BCUT2D eigenvalue weighted by Crippen LogP contribution is -2.18. The maximum absolute atomic E-state index is 13.2. The van der Waals surface area contributed by atoms with Crippen LogP contribution in [-0.2, 0) is 0 Å². The van der Waals surface area contributed by atoms with Gasteiger partial charge in [-0.25, -0.2) is 10.4 Å². The molecule has 190 valence electrons. The Morgan fingerprint density at radius 1 is 1.03 bits per heavy atom. The van der Waals surface area contributed by atoms with Crippen molar-refractivity contribution in [2.45, 2.75) is 39.5 Å². The van der Waals surface area contributed by atoms with Gasteiger partial charge in [0.15, 0.2) is 11.5 Å². The summed E-state index contributed by atoms with van der Waals surface area (Å²) in [6.45, 7) is 7.07. The summed E-state index contributed by atoms with van der Waals surface area (Å²) >= 11 is 0. The van der Waals surface area contributed by atoms with Gasteiger partial charge in [-0.2, -0.15) is 5.10 Å². The highest BCUT2D eigenvalue weighted by atomic mass is 16.5. The van der Waals surface area contributed by atoms with E-state index in [-0.39, 0.29) is 5.91 Å². The first kappa shape index (κ1) is 25.9. The predicted molar refractivity (Wildman–Crippen MR) is 150 cm³/mol. The van der Waals surface area contributed by atoms with Crippen LogP contribution in [0.25, 0.3) is 22.2 Å². The van der Waals surface area contributed by atoms with Crippen molar-refractivity contribution >= 4 is 23.0 Å². The molecule has 0 bridgehead atoms. The summed E-state index contributed by atoms with van der Waals surface area (Å²) < 4.78 is 11.1. The zero-order valence-electron chi connectivity index (χ0n) is 21.8. The minimum absolute atomic E-state index is 0.304. The number of methoxy groups -OCH3 is 1. The lowest BCUT2D eigenvalue weighted by atomic mass is 9.96. The third-order valence-electron chi connectivity index (χ3n) is 6.38. The number of hydrogen-bond donors (Lipinski definition) is 1. The third kappa shape index (κ3) is 6.15. The van der Waals surface area contributed by atoms with Crippen LogP contribution < -0.4 is 14.9 Å².